The molecule has 0 atom stereocenters. The van der Waals surface area contributed by atoms with Gasteiger partial charge in [-0.1, -0.05) is 200 Å². The van der Waals surface area contributed by atoms with E-state index in [1.165, 1.54) is 50.1 Å². The van der Waals surface area contributed by atoms with Crippen LogP contribution < -0.4 is 18.9 Å². The van der Waals surface area contributed by atoms with Crippen molar-refractivity contribution in [2.75, 3.05) is 28.4 Å². The van der Waals surface area contributed by atoms with Gasteiger partial charge in [-0.2, -0.15) is 0 Å². The van der Waals surface area contributed by atoms with E-state index in [9.17, 15) is 0 Å². The van der Waals surface area contributed by atoms with Gasteiger partial charge in [0, 0.05) is 11.1 Å². The zero-order valence-electron chi connectivity index (χ0n) is 45.5. The topological polar surface area (TPSA) is 36.9 Å². The lowest BCUT2D eigenvalue weighted by atomic mass is 9.70. The average Bonchev–Trinajstić information content (AvgIpc) is 3.51. The molecule has 4 heteroatoms. The number of benzene rings is 12. The van der Waals surface area contributed by atoms with Crippen molar-refractivity contribution in [3.05, 3.63) is 289 Å². The van der Waals surface area contributed by atoms with Gasteiger partial charge >= 0.3 is 0 Å². The first-order valence-corrected chi connectivity index (χ1v) is 27.5. The first-order chi connectivity index (χ1) is 39.9. The molecule has 0 saturated heterocycles. The van der Waals surface area contributed by atoms with Crippen molar-refractivity contribution in [1.29, 1.82) is 0 Å². The predicted octanol–water partition coefficient (Wildman–Crippen LogP) is 19.4. The molecular weight excluding hydrogens is 989 g/mol. The van der Waals surface area contributed by atoms with Crippen molar-refractivity contribution in [2.24, 2.45) is 0 Å². The Hall–Kier alpha value is -10.2. The van der Waals surface area contributed by atoms with Crippen LogP contribution in [0.2, 0.25) is 0 Å². The molecule has 0 saturated carbocycles. The third-order valence-corrected chi connectivity index (χ3v) is 16.8. The van der Waals surface area contributed by atoms with Gasteiger partial charge in [-0.05, 0) is 189 Å². The van der Waals surface area contributed by atoms with Crippen LogP contribution in [0.25, 0.3) is 111 Å². The normalized spacial score (nSPS) is 12.3. The number of methoxy groups -OCH3 is 4. The van der Waals surface area contributed by atoms with Crippen molar-refractivity contribution >= 4 is 0 Å². The number of hydrogen-bond donors (Lipinski definition) is 0. The molecule has 0 aliphatic heterocycles. The van der Waals surface area contributed by atoms with E-state index in [0.29, 0.717) is 0 Å². The van der Waals surface area contributed by atoms with Gasteiger partial charge in [-0.15, -0.1) is 0 Å². The third-order valence-electron chi connectivity index (χ3n) is 16.8. The zero-order valence-corrected chi connectivity index (χ0v) is 45.5. The summed E-state index contributed by atoms with van der Waals surface area (Å²) in [5.74, 6) is 3.23. The van der Waals surface area contributed by atoms with E-state index >= 15 is 0 Å². The fourth-order valence-electron chi connectivity index (χ4n) is 12.9. The smallest absolute Gasteiger partial charge is 0.126 e. The molecule has 4 nitrogen and oxygen atoms in total. The summed E-state index contributed by atoms with van der Waals surface area (Å²) in [6.45, 7) is 0. The molecule has 12 aromatic carbocycles. The molecule has 12 aromatic rings. The van der Waals surface area contributed by atoms with Crippen molar-refractivity contribution in [3.63, 3.8) is 0 Å². The van der Waals surface area contributed by atoms with E-state index in [2.05, 4.69) is 231 Å². The van der Waals surface area contributed by atoms with Gasteiger partial charge < -0.3 is 18.9 Å². The Morgan fingerprint density at radius 1 is 0.198 bits per heavy atom. The SMILES string of the molecule is COc1ccc(-c2ccccc2-c2cc(-c3ccc4c(c3)C3(c5ccccc5-c5ccccc53)c3cc(-c5ccc(-c6ccc(OC)c(-c7cc(-c8ccccc8)ccc7OC)c6)cc5)ccc3-4)ccc2-c2ccc(OC)cc2)cc1. The summed E-state index contributed by atoms with van der Waals surface area (Å²) in [4.78, 5) is 0. The highest BCUT2D eigenvalue weighted by Gasteiger charge is 2.51. The van der Waals surface area contributed by atoms with Gasteiger partial charge in [0.15, 0.2) is 0 Å². The molecule has 14 rings (SSSR count). The fourth-order valence-corrected chi connectivity index (χ4v) is 12.9. The minimum atomic E-state index is -0.561. The summed E-state index contributed by atoms with van der Waals surface area (Å²) < 4.78 is 23.1. The third kappa shape index (κ3) is 8.21. The second kappa shape index (κ2) is 20.3. The average molecular weight is 1050 g/mol. The van der Waals surface area contributed by atoms with Gasteiger partial charge in [-0.3, -0.25) is 0 Å². The Kier molecular flexibility index (Phi) is 12.3. The minimum Gasteiger partial charge on any atom is -0.497 e. The molecule has 0 bridgehead atoms. The standard InChI is InChI=1S/C77H56O4/c1-78-59-35-26-52(27-36-59)61-16-8-9-17-63(61)68-44-56(30-39-62(68)53-28-37-60(79-2)38-29-53)58-32-41-67-66-40-31-57(47-73(66)77(74(67)48-58)71-20-12-10-18-64(71)65-19-11-13-21-72(65)77)51-24-22-50(23-25-51)55-34-43-76(81-4)70(46-55)69-45-54(33-42-75(69)80-3)49-14-6-5-7-15-49/h5-48H,1-4H3. The molecule has 81 heavy (non-hydrogen) atoms. The number of hydrogen-bond acceptors (Lipinski definition) is 4. The molecule has 388 valence electrons. The molecule has 0 heterocycles. The molecule has 0 N–H and O–H groups in total. The van der Waals surface area contributed by atoms with Crippen LogP contribution in [-0.2, 0) is 5.41 Å². The van der Waals surface area contributed by atoms with Crippen LogP contribution in [0.3, 0.4) is 0 Å². The molecule has 0 amide bonds. The lowest BCUT2D eigenvalue weighted by Crippen LogP contribution is -2.26. The quantitative estimate of drug-likeness (QED) is 0.122. The van der Waals surface area contributed by atoms with E-state index in [1.807, 2.05) is 36.4 Å². The Morgan fingerprint density at radius 2 is 0.519 bits per heavy atom. The minimum absolute atomic E-state index is 0.561. The van der Waals surface area contributed by atoms with E-state index in [4.69, 9.17) is 18.9 Å². The molecule has 1 spiro atoms. The largest absolute Gasteiger partial charge is 0.497 e. The van der Waals surface area contributed by atoms with Crippen molar-refractivity contribution in [3.8, 4) is 134 Å². The van der Waals surface area contributed by atoms with Crippen LogP contribution in [0.5, 0.6) is 23.0 Å². The van der Waals surface area contributed by atoms with Gasteiger partial charge in [0.1, 0.15) is 23.0 Å². The Balaban J connectivity index is 0.883. The first-order valence-electron chi connectivity index (χ1n) is 27.5. The molecule has 0 radical (unpaired) electrons. The monoisotopic (exact) mass is 1040 g/mol. The van der Waals surface area contributed by atoms with Crippen LogP contribution in [0.15, 0.2) is 267 Å². The van der Waals surface area contributed by atoms with E-state index < -0.39 is 5.41 Å². The van der Waals surface area contributed by atoms with Gasteiger partial charge in [0.25, 0.3) is 0 Å². The summed E-state index contributed by atoms with van der Waals surface area (Å²) in [6, 6.07) is 97.1. The molecule has 0 fully saturated rings. The van der Waals surface area contributed by atoms with E-state index in [1.54, 1.807) is 28.4 Å². The van der Waals surface area contributed by atoms with Crippen LogP contribution in [0, 0.1) is 0 Å². The number of ether oxygens (including phenoxy) is 4. The van der Waals surface area contributed by atoms with E-state index in [0.717, 1.165) is 106 Å². The molecule has 0 aromatic heterocycles. The zero-order chi connectivity index (χ0) is 54.6. The molecular formula is C77H56O4. The van der Waals surface area contributed by atoms with Crippen LogP contribution in [-0.4, -0.2) is 28.4 Å². The van der Waals surface area contributed by atoms with Crippen molar-refractivity contribution < 1.29 is 18.9 Å². The molecule has 2 aliphatic carbocycles. The Labute approximate surface area is 473 Å². The lowest BCUT2D eigenvalue weighted by Gasteiger charge is -2.31. The highest BCUT2D eigenvalue weighted by Crippen LogP contribution is 2.63. The Morgan fingerprint density at radius 3 is 1.00 bits per heavy atom. The Bertz CT molecular complexity index is 4320. The summed E-state index contributed by atoms with van der Waals surface area (Å²) in [7, 11) is 6.88. The van der Waals surface area contributed by atoms with Crippen LogP contribution >= 0.6 is 0 Å². The second-order valence-corrected chi connectivity index (χ2v) is 20.9. The van der Waals surface area contributed by atoms with Gasteiger partial charge in [0.05, 0.1) is 33.9 Å². The van der Waals surface area contributed by atoms with Crippen LogP contribution in [0.1, 0.15) is 22.3 Å². The maximum atomic E-state index is 5.99. The summed E-state index contributed by atoms with van der Waals surface area (Å²) in [5.41, 5.74) is 27.6. The summed E-state index contributed by atoms with van der Waals surface area (Å²) in [6.07, 6.45) is 0. The maximum Gasteiger partial charge on any atom is 0.126 e. The first kappa shape index (κ1) is 49.2. The van der Waals surface area contributed by atoms with Gasteiger partial charge in [0.2, 0.25) is 0 Å². The molecule has 2 aliphatic rings. The van der Waals surface area contributed by atoms with Crippen molar-refractivity contribution in [2.45, 2.75) is 5.41 Å². The van der Waals surface area contributed by atoms with E-state index in [-0.39, 0.29) is 0 Å². The summed E-state index contributed by atoms with van der Waals surface area (Å²) >= 11 is 0. The fraction of sp³-hybridized carbons (Fsp3) is 0.0649. The number of fused-ring (bicyclic) bond motifs is 10. The number of rotatable bonds is 12. The lowest BCUT2D eigenvalue weighted by molar-refractivity contribution is 0.410. The highest BCUT2D eigenvalue weighted by atomic mass is 16.5. The molecule has 0 unspecified atom stereocenters. The highest BCUT2D eigenvalue weighted by molar-refractivity contribution is 5.99. The predicted molar refractivity (Wildman–Crippen MR) is 332 cm³/mol. The maximum absolute atomic E-state index is 5.99. The van der Waals surface area contributed by atoms with Gasteiger partial charge in [-0.25, -0.2) is 0 Å². The van der Waals surface area contributed by atoms with Crippen LogP contribution in [0.4, 0.5) is 0 Å². The van der Waals surface area contributed by atoms with Crippen molar-refractivity contribution in [1.82, 2.24) is 0 Å². The second-order valence-electron chi connectivity index (χ2n) is 20.9. The summed E-state index contributed by atoms with van der Waals surface area (Å²) in [5, 5.41) is 0.